The van der Waals surface area contributed by atoms with Crippen LogP contribution in [0.1, 0.15) is 30.5 Å². The van der Waals surface area contributed by atoms with E-state index in [4.69, 9.17) is 9.15 Å². The summed E-state index contributed by atoms with van der Waals surface area (Å²) in [4.78, 5) is 25.6. The maximum atomic E-state index is 12.3. The van der Waals surface area contributed by atoms with Crippen molar-refractivity contribution in [3.8, 4) is 11.5 Å². The zero-order chi connectivity index (χ0) is 17.6. The zero-order valence-electron chi connectivity index (χ0n) is 14.0. The number of nitrogens with zero attached hydrogens (tertiary/aromatic N) is 3. The second-order valence-corrected chi connectivity index (χ2v) is 5.71. The highest BCUT2D eigenvalue weighted by Crippen LogP contribution is 2.17. The third-order valence-corrected chi connectivity index (χ3v) is 4.00. The Labute approximate surface area is 145 Å². The van der Waals surface area contributed by atoms with Crippen LogP contribution in [0.3, 0.4) is 0 Å². The molecule has 1 aromatic heterocycles. The first kappa shape index (κ1) is 16.9. The molecule has 25 heavy (non-hydrogen) atoms. The Morgan fingerprint density at radius 2 is 1.96 bits per heavy atom. The topological polar surface area (TPSA) is 97.6 Å². The molecule has 1 aromatic carbocycles. The van der Waals surface area contributed by atoms with Gasteiger partial charge in [0.05, 0.1) is 6.61 Å². The van der Waals surface area contributed by atoms with Crippen molar-refractivity contribution >= 4 is 12.0 Å². The molecule has 0 spiro atoms. The highest BCUT2D eigenvalue weighted by Gasteiger charge is 2.26. The number of amides is 2. The number of hydrogen-bond acceptors (Lipinski definition) is 6. The number of rotatable bonds is 4. The van der Waals surface area contributed by atoms with Crippen LogP contribution in [0.2, 0.25) is 0 Å². The normalized spacial score (nSPS) is 15.0. The van der Waals surface area contributed by atoms with E-state index in [1.807, 2.05) is 30.3 Å². The van der Waals surface area contributed by atoms with Gasteiger partial charge in [-0.2, -0.15) is 0 Å². The standard InChI is InChI=1S/C17H20N4O4/c1-2-24-17(23)21-10-8-13(9-11-21)18-14(22)16-20-19-15(25-16)12-6-4-3-5-7-12/h3-7,13H,2,8-11H2,1H3,(H,18,22). The largest absolute Gasteiger partial charge is 0.450 e. The molecule has 2 aromatic rings. The summed E-state index contributed by atoms with van der Waals surface area (Å²) < 4.78 is 10.4. The van der Waals surface area contributed by atoms with E-state index in [9.17, 15) is 9.59 Å². The van der Waals surface area contributed by atoms with Crippen LogP contribution in [0.15, 0.2) is 34.7 Å². The first-order chi connectivity index (χ1) is 12.2. The second-order valence-electron chi connectivity index (χ2n) is 5.71. The van der Waals surface area contributed by atoms with E-state index in [0.29, 0.717) is 38.4 Å². The minimum atomic E-state index is -0.399. The molecule has 0 saturated carbocycles. The summed E-state index contributed by atoms with van der Waals surface area (Å²) in [6.45, 7) is 3.22. The predicted octanol–water partition coefficient (Wildman–Crippen LogP) is 2.09. The van der Waals surface area contributed by atoms with Crippen LogP contribution >= 0.6 is 0 Å². The van der Waals surface area contributed by atoms with Gasteiger partial charge in [-0.15, -0.1) is 10.2 Å². The fourth-order valence-corrected chi connectivity index (χ4v) is 2.68. The van der Waals surface area contributed by atoms with Crippen LogP contribution in [0.5, 0.6) is 0 Å². The van der Waals surface area contributed by atoms with Crippen molar-refractivity contribution < 1.29 is 18.7 Å². The monoisotopic (exact) mass is 344 g/mol. The quantitative estimate of drug-likeness (QED) is 0.912. The molecule has 8 heteroatoms. The van der Waals surface area contributed by atoms with Crippen molar-refractivity contribution in [3.05, 3.63) is 36.2 Å². The average Bonchev–Trinajstić information content (AvgIpc) is 3.13. The highest BCUT2D eigenvalue weighted by molar-refractivity contribution is 5.89. The highest BCUT2D eigenvalue weighted by atomic mass is 16.6. The Balaban J connectivity index is 1.54. The summed E-state index contributed by atoms with van der Waals surface area (Å²) in [7, 11) is 0. The molecule has 1 saturated heterocycles. The van der Waals surface area contributed by atoms with Gasteiger partial charge in [0.15, 0.2) is 0 Å². The molecule has 0 aliphatic carbocycles. The number of likely N-dealkylation sites (tertiary alicyclic amines) is 1. The fraction of sp³-hybridized carbons (Fsp3) is 0.412. The van der Waals surface area contributed by atoms with Gasteiger partial charge in [0.25, 0.3) is 0 Å². The van der Waals surface area contributed by atoms with Gasteiger partial charge in [0.1, 0.15) is 0 Å². The van der Waals surface area contributed by atoms with E-state index < -0.39 is 5.91 Å². The average molecular weight is 344 g/mol. The van der Waals surface area contributed by atoms with Gasteiger partial charge >= 0.3 is 17.9 Å². The Bertz CT molecular complexity index is 723. The minimum Gasteiger partial charge on any atom is -0.450 e. The third-order valence-electron chi connectivity index (χ3n) is 4.00. The van der Waals surface area contributed by atoms with E-state index in [1.54, 1.807) is 11.8 Å². The lowest BCUT2D eigenvalue weighted by Gasteiger charge is -2.31. The molecule has 2 heterocycles. The van der Waals surface area contributed by atoms with Crippen LogP contribution in [-0.2, 0) is 4.74 Å². The first-order valence-electron chi connectivity index (χ1n) is 8.29. The molecule has 0 bridgehead atoms. The lowest BCUT2D eigenvalue weighted by Crippen LogP contribution is -2.46. The van der Waals surface area contributed by atoms with Gasteiger partial charge in [-0.05, 0) is 31.9 Å². The van der Waals surface area contributed by atoms with Crippen LogP contribution in [0.4, 0.5) is 4.79 Å². The van der Waals surface area contributed by atoms with Gasteiger partial charge in [0, 0.05) is 24.7 Å². The molecular formula is C17H20N4O4. The SMILES string of the molecule is CCOC(=O)N1CCC(NC(=O)c2nnc(-c3ccccc3)o2)CC1. The van der Waals surface area contributed by atoms with Crippen molar-refractivity contribution in [3.63, 3.8) is 0 Å². The van der Waals surface area contributed by atoms with Crippen LogP contribution in [0.25, 0.3) is 11.5 Å². The van der Waals surface area contributed by atoms with Crippen molar-refractivity contribution in [1.82, 2.24) is 20.4 Å². The number of carbonyl (C=O) groups excluding carboxylic acids is 2. The molecule has 0 radical (unpaired) electrons. The van der Waals surface area contributed by atoms with Crippen molar-refractivity contribution in [2.24, 2.45) is 0 Å². The van der Waals surface area contributed by atoms with Crippen LogP contribution in [0, 0.1) is 0 Å². The lowest BCUT2D eigenvalue weighted by atomic mass is 10.1. The number of aromatic nitrogens is 2. The Morgan fingerprint density at radius 3 is 2.64 bits per heavy atom. The van der Waals surface area contributed by atoms with E-state index in [-0.39, 0.29) is 18.0 Å². The summed E-state index contributed by atoms with van der Waals surface area (Å²) in [5.41, 5.74) is 0.761. The number of benzene rings is 1. The fourth-order valence-electron chi connectivity index (χ4n) is 2.68. The van der Waals surface area contributed by atoms with Gasteiger partial charge in [-0.3, -0.25) is 4.79 Å². The van der Waals surface area contributed by atoms with Gasteiger partial charge < -0.3 is 19.4 Å². The van der Waals surface area contributed by atoms with E-state index in [0.717, 1.165) is 5.56 Å². The maximum absolute atomic E-state index is 12.3. The molecule has 0 atom stereocenters. The zero-order valence-corrected chi connectivity index (χ0v) is 14.0. The number of nitrogens with one attached hydrogen (secondary N) is 1. The molecular weight excluding hydrogens is 324 g/mol. The predicted molar refractivity (Wildman–Crippen MR) is 88.8 cm³/mol. The van der Waals surface area contributed by atoms with Crippen LogP contribution < -0.4 is 5.32 Å². The van der Waals surface area contributed by atoms with Gasteiger partial charge in [0.2, 0.25) is 5.89 Å². The summed E-state index contributed by atoms with van der Waals surface area (Å²) in [6.07, 6.45) is 1.01. The summed E-state index contributed by atoms with van der Waals surface area (Å²) >= 11 is 0. The lowest BCUT2D eigenvalue weighted by molar-refractivity contribution is 0.0836. The van der Waals surface area contributed by atoms with Gasteiger partial charge in [-0.1, -0.05) is 18.2 Å². The summed E-state index contributed by atoms with van der Waals surface area (Å²) in [6, 6.07) is 9.23. The first-order valence-corrected chi connectivity index (χ1v) is 8.29. The molecule has 8 nitrogen and oxygen atoms in total. The molecule has 2 amide bonds. The molecule has 0 unspecified atom stereocenters. The Hall–Kier alpha value is -2.90. The van der Waals surface area contributed by atoms with Crippen LogP contribution in [-0.4, -0.2) is 52.8 Å². The minimum absolute atomic E-state index is 0.0368. The molecule has 1 aliphatic rings. The van der Waals surface area contributed by atoms with E-state index in [2.05, 4.69) is 15.5 Å². The number of piperidine rings is 1. The van der Waals surface area contributed by atoms with Crippen molar-refractivity contribution in [2.45, 2.75) is 25.8 Å². The van der Waals surface area contributed by atoms with Crippen molar-refractivity contribution in [2.75, 3.05) is 19.7 Å². The Morgan fingerprint density at radius 1 is 1.24 bits per heavy atom. The molecule has 1 fully saturated rings. The van der Waals surface area contributed by atoms with E-state index >= 15 is 0 Å². The Kier molecular flexibility index (Phi) is 5.27. The number of ether oxygens (including phenoxy) is 1. The maximum Gasteiger partial charge on any atom is 0.409 e. The summed E-state index contributed by atoms with van der Waals surface area (Å²) in [5, 5.41) is 10.6. The molecule has 1 aliphatic heterocycles. The summed E-state index contributed by atoms with van der Waals surface area (Å²) in [5.74, 6) is -0.154. The molecule has 1 N–H and O–H groups in total. The molecule has 132 valence electrons. The van der Waals surface area contributed by atoms with E-state index in [1.165, 1.54) is 0 Å². The molecule has 3 rings (SSSR count). The second kappa shape index (κ2) is 7.78. The smallest absolute Gasteiger partial charge is 0.409 e. The van der Waals surface area contributed by atoms with Crippen molar-refractivity contribution in [1.29, 1.82) is 0 Å². The number of carbonyl (C=O) groups is 2. The number of hydrogen-bond donors (Lipinski definition) is 1. The van der Waals surface area contributed by atoms with Gasteiger partial charge in [-0.25, -0.2) is 4.79 Å². The third kappa shape index (κ3) is 4.14.